The zero-order chi connectivity index (χ0) is 15.2. The number of nitrogens with zero attached hydrogens (tertiary/aromatic N) is 1. The second-order valence-electron chi connectivity index (χ2n) is 5.98. The van der Waals surface area contributed by atoms with Crippen LogP contribution in [0, 0.1) is 5.82 Å². The zero-order valence-corrected chi connectivity index (χ0v) is 11.8. The average Bonchev–Trinajstić information content (AvgIpc) is 2.62. The molecule has 2 atom stereocenters. The van der Waals surface area contributed by atoms with Crippen molar-refractivity contribution >= 4 is 0 Å². The number of hydrogen-bond acceptors (Lipinski definition) is 1. The molecule has 1 fully saturated rings. The molecule has 0 aromatic heterocycles. The molecular weight excluding hydrogens is 282 g/mol. The van der Waals surface area contributed by atoms with E-state index in [0.717, 1.165) is 31.4 Å². The van der Waals surface area contributed by atoms with Crippen LogP contribution < -0.4 is 0 Å². The van der Waals surface area contributed by atoms with Crippen LogP contribution in [0.3, 0.4) is 0 Å². The summed E-state index contributed by atoms with van der Waals surface area (Å²) in [5.74, 6) is -1.20. The molecule has 1 nitrogen and oxygen atoms in total. The van der Waals surface area contributed by atoms with Gasteiger partial charge in [0, 0.05) is 12.1 Å². The minimum atomic E-state index is -4.64. The van der Waals surface area contributed by atoms with E-state index in [2.05, 4.69) is 18.0 Å². The molecule has 2 aliphatic heterocycles. The predicted octanol–water partition coefficient (Wildman–Crippen LogP) is 4.18. The topological polar surface area (TPSA) is 3.24 Å². The lowest BCUT2D eigenvalue weighted by Gasteiger charge is -2.30. The van der Waals surface area contributed by atoms with Crippen LogP contribution in [0.15, 0.2) is 29.8 Å². The molecule has 2 aliphatic rings. The maximum absolute atomic E-state index is 13.3. The van der Waals surface area contributed by atoms with E-state index in [0.29, 0.717) is 24.1 Å². The number of alkyl halides is 3. The highest BCUT2D eigenvalue weighted by Gasteiger charge is 2.35. The molecule has 0 amide bonds. The summed E-state index contributed by atoms with van der Waals surface area (Å²) in [6.45, 7) is 0. The van der Waals surface area contributed by atoms with Crippen molar-refractivity contribution in [3.8, 4) is 0 Å². The summed E-state index contributed by atoms with van der Waals surface area (Å²) in [4.78, 5) is 2.33. The highest BCUT2D eigenvalue weighted by molar-refractivity contribution is 5.32. The highest BCUT2D eigenvalue weighted by atomic mass is 19.4. The molecule has 2 heterocycles. The standard InChI is InChI=1S/C16H17F4N/c1-21-12-3-4-13(21)8-11(7-12)6-10-2-5-15(17)14(9-10)16(18,19)20/h2,5,7,9,12-13H,3-4,6,8H2,1H3. The molecule has 1 aromatic carbocycles. The molecule has 114 valence electrons. The smallest absolute Gasteiger partial charge is 0.297 e. The molecule has 0 N–H and O–H groups in total. The minimum absolute atomic E-state index is 0.404. The Kier molecular flexibility index (Phi) is 3.56. The van der Waals surface area contributed by atoms with Crippen LogP contribution in [0.25, 0.3) is 0 Å². The van der Waals surface area contributed by atoms with Crippen LogP contribution in [0.2, 0.25) is 0 Å². The van der Waals surface area contributed by atoms with Crippen molar-refractivity contribution in [3.05, 3.63) is 46.8 Å². The van der Waals surface area contributed by atoms with Crippen molar-refractivity contribution in [3.63, 3.8) is 0 Å². The van der Waals surface area contributed by atoms with Crippen molar-refractivity contribution < 1.29 is 17.6 Å². The van der Waals surface area contributed by atoms with E-state index in [9.17, 15) is 17.6 Å². The largest absolute Gasteiger partial charge is 0.419 e. The molecule has 0 aliphatic carbocycles. The van der Waals surface area contributed by atoms with Crippen LogP contribution in [0.5, 0.6) is 0 Å². The van der Waals surface area contributed by atoms with Gasteiger partial charge in [0.15, 0.2) is 0 Å². The fraction of sp³-hybridized carbons (Fsp3) is 0.500. The summed E-state index contributed by atoms with van der Waals surface area (Å²) in [6.07, 6.45) is 1.15. The van der Waals surface area contributed by atoms with Gasteiger partial charge in [0.1, 0.15) is 5.82 Å². The molecular formula is C16H17F4N. The first-order valence-corrected chi connectivity index (χ1v) is 7.11. The Balaban J connectivity index is 1.82. The van der Waals surface area contributed by atoms with E-state index < -0.39 is 17.6 Å². The number of hydrogen-bond donors (Lipinski definition) is 0. The van der Waals surface area contributed by atoms with E-state index in [1.54, 1.807) is 0 Å². The molecule has 0 spiro atoms. The summed E-state index contributed by atoms with van der Waals surface area (Å²) in [5.41, 5.74) is 0.524. The quantitative estimate of drug-likeness (QED) is 0.585. The van der Waals surface area contributed by atoms with Gasteiger partial charge >= 0.3 is 6.18 Å². The lowest BCUT2D eigenvalue weighted by atomic mass is 9.94. The number of rotatable bonds is 2. The minimum Gasteiger partial charge on any atom is -0.297 e. The first kappa shape index (κ1) is 14.6. The summed E-state index contributed by atoms with van der Waals surface area (Å²) in [7, 11) is 2.09. The molecule has 2 unspecified atom stereocenters. The first-order chi connectivity index (χ1) is 9.84. The Morgan fingerprint density at radius 2 is 2.00 bits per heavy atom. The van der Waals surface area contributed by atoms with Gasteiger partial charge in [-0.15, -0.1) is 0 Å². The monoisotopic (exact) mass is 299 g/mol. The summed E-state index contributed by atoms with van der Waals surface area (Å²) in [6, 6.07) is 4.21. The first-order valence-electron chi connectivity index (χ1n) is 7.11. The van der Waals surface area contributed by atoms with E-state index in [1.807, 2.05) is 0 Å². The van der Waals surface area contributed by atoms with Gasteiger partial charge in [-0.05, 0) is 50.4 Å². The fourth-order valence-electron chi connectivity index (χ4n) is 3.42. The Morgan fingerprint density at radius 3 is 2.67 bits per heavy atom. The maximum atomic E-state index is 13.3. The molecule has 21 heavy (non-hydrogen) atoms. The summed E-state index contributed by atoms with van der Waals surface area (Å²) in [5, 5.41) is 0. The van der Waals surface area contributed by atoms with Gasteiger partial charge in [0.25, 0.3) is 0 Å². The molecule has 0 saturated carbocycles. The maximum Gasteiger partial charge on any atom is 0.419 e. The second kappa shape index (κ2) is 5.13. The Bertz CT molecular complexity index is 576. The van der Waals surface area contributed by atoms with Crippen LogP contribution in [0.4, 0.5) is 17.6 Å². The van der Waals surface area contributed by atoms with Crippen molar-refractivity contribution in [1.29, 1.82) is 0 Å². The molecule has 0 radical (unpaired) electrons. The molecule has 2 bridgehead atoms. The van der Waals surface area contributed by atoms with E-state index >= 15 is 0 Å². The van der Waals surface area contributed by atoms with E-state index in [4.69, 9.17) is 0 Å². The molecule has 1 aromatic rings. The van der Waals surface area contributed by atoms with Crippen molar-refractivity contribution in [2.75, 3.05) is 7.05 Å². The third-order valence-corrected chi connectivity index (χ3v) is 4.59. The van der Waals surface area contributed by atoms with Crippen LogP contribution in [-0.2, 0) is 12.6 Å². The Morgan fingerprint density at radius 1 is 1.24 bits per heavy atom. The van der Waals surface area contributed by atoms with Crippen molar-refractivity contribution in [2.45, 2.75) is 43.9 Å². The number of halogens is 4. The molecule has 1 saturated heterocycles. The average molecular weight is 299 g/mol. The van der Waals surface area contributed by atoms with Crippen LogP contribution >= 0.6 is 0 Å². The highest BCUT2D eigenvalue weighted by Crippen LogP contribution is 2.36. The molecule has 3 rings (SSSR count). The van der Waals surface area contributed by atoms with Gasteiger partial charge in [0.2, 0.25) is 0 Å². The summed E-state index contributed by atoms with van der Waals surface area (Å²) >= 11 is 0. The van der Waals surface area contributed by atoms with Crippen molar-refractivity contribution in [2.24, 2.45) is 0 Å². The van der Waals surface area contributed by atoms with Gasteiger partial charge in [0.05, 0.1) is 5.56 Å². The lowest BCUT2D eigenvalue weighted by molar-refractivity contribution is -0.140. The van der Waals surface area contributed by atoms with Gasteiger partial charge in [-0.1, -0.05) is 17.7 Å². The third-order valence-electron chi connectivity index (χ3n) is 4.59. The fourth-order valence-corrected chi connectivity index (χ4v) is 3.42. The van der Waals surface area contributed by atoms with E-state index in [1.165, 1.54) is 11.6 Å². The second-order valence-corrected chi connectivity index (χ2v) is 5.98. The lowest BCUT2D eigenvalue weighted by Crippen LogP contribution is -2.35. The number of benzene rings is 1. The molecule has 5 heteroatoms. The summed E-state index contributed by atoms with van der Waals surface area (Å²) < 4.78 is 51.5. The van der Waals surface area contributed by atoms with Gasteiger partial charge in [-0.25, -0.2) is 4.39 Å². The normalized spacial score (nSPS) is 26.0. The van der Waals surface area contributed by atoms with Gasteiger partial charge in [-0.3, -0.25) is 4.90 Å². The number of fused-ring (bicyclic) bond motifs is 2. The zero-order valence-electron chi connectivity index (χ0n) is 11.8. The Hall–Kier alpha value is -1.36. The van der Waals surface area contributed by atoms with Crippen LogP contribution in [-0.4, -0.2) is 24.0 Å². The van der Waals surface area contributed by atoms with Crippen molar-refractivity contribution in [1.82, 2.24) is 4.90 Å². The predicted molar refractivity (Wildman–Crippen MR) is 72.4 cm³/mol. The third kappa shape index (κ3) is 2.84. The van der Waals surface area contributed by atoms with Gasteiger partial charge < -0.3 is 0 Å². The van der Waals surface area contributed by atoms with E-state index in [-0.39, 0.29) is 0 Å². The Labute approximate surface area is 121 Å². The SMILES string of the molecule is CN1C2C=C(Cc3ccc(F)c(C(F)(F)F)c3)CC1CC2. The number of likely N-dealkylation sites (N-methyl/N-ethyl adjacent to an activating group) is 1. The van der Waals surface area contributed by atoms with Gasteiger partial charge in [-0.2, -0.15) is 13.2 Å². The van der Waals surface area contributed by atoms with Crippen LogP contribution in [0.1, 0.15) is 30.4 Å².